The fourth-order valence-electron chi connectivity index (χ4n) is 2.69. The Morgan fingerprint density at radius 1 is 1.17 bits per heavy atom. The van der Waals surface area contributed by atoms with E-state index in [2.05, 4.69) is 5.32 Å². The third-order valence-electron chi connectivity index (χ3n) is 4.15. The van der Waals surface area contributed by atoms with Crippen molar-refractivity contribution in [2.45, 2.75) is 23.8 Å². The Morgan fingerprint density at radius 2 is 1.83 bits per heavy atom. The van der Waals surface area contributed by atoms with Crippen LogP contribution in [0.1, 0.15) is 34.8 Å². The molecule has 4 nitrogen and oxygen atoms in total. The zero-order valence-corrected chi connectivity index (χ0v) is 14.8. The van der Waals surface area contributed by atoms with Gasteiger partial charge in [-0.05, 0) is 42.5 Å². The van der Waals surface area contributed by atoms with E-state index in [4.69, 9.17) is 11.6 Å². The van der Waals surface area contributed by atoms with Crippen LogP contribution >= 0.6 is 11.6 Å². The van der Waals surface area contributed by atoms with Crippen LogP contribution in [0.25, 0.3) is 0 Å². The molecule has 6 heteroatoms. The molecule has 1 amide bonds. The number of nitrogens with one attached hydrogen (secondary N) is 1. The summed E-state index contributed by atoms with van der Waals surface area (Å²) in [5, 5.41) is 3.25. The quantitative estimate of drug-likeness (QED) is 0.882. The molecular formula is C18H18ClNO3S. The summed E-state index contributed by atoms with van der Waals surface area (Å²) in [6, 6.07) is 13.9. The van der Waals surface area contributed by atoms with E-state index in [0.29, 0.717) is 5.92 Å². The number of halogens is 1. The van der Waals surface area contributed by atoms with Crippen LogP contribution in [0.15, 0.2) is 53.4 Å². The molecule has 0 spiro atoms. The van der Waals surface area contributed by atoms with Crippen LogP contribution in [-0.2, 0) is 9.84 Å². The van der Waals surface area contributed by atoms with Crippen molar-refractivity contribution in [1.82, 2.24) is 5.32 Å². The lowest BCUT2D eigenvalue weighted by atomic mass is 10.0. The van der Waals surface area contributed by atoms with Crippen molar-refractivity contribution >= 4 is 27.3 Å². The lowest BCUT2D eigenvalue weighted by Crippen LogP contribution is -2.30. The van der Waals surface area contributed by atoms with Crippen molar-refractivity contribution in [3.8, 4) is 0 Å². The predicted molar refractivity (Wildman–Crippen MR) is 93.9 cm³/mol. The molecule has 126 valence electrons. The Balaban J connectivity index is 1.89. The Kier molecular flexibility index (Phi) is 4.65. The Hall–Kier alpha value is -1.85. The van der Waals surface area contributed by atoms with Crippen molar-refractivity contribution in [1.29, 1.82) is 0 Å². The first kappa shape index (κ1) is 17.0. The number of hydrogen-bond acceptors (Lipinski definition) is 3. The van der Waals surface area contributed by atoms with Crippen molar-refractivity contribution in [3.05, 3.63) is 64.7 Å². The lowest BCUT2D eigenvalue weighted by molar-refractivity contribution is 0.0931. The van der Waals surface area contributed by atoms with E-state index >= 15 is 0 Å². The van der Waals surface area contributed by atoms with Gasteiger partial charge in [0, 0.05) is 6.26 Å². The summed E-state index contributed by atoms with van der Waals surface area (Å²) in [5.74, 6) is 0.0551. The molecule has 2 aromatic carbocycles. The highest BCUT2D eigenvalue weighted by atomic mass is 35.5. The fourth-order valence-corrected chi connectivity index (χ4v) is 3.54. The zero-order chi connectivity index (χ0) is 17.3. The maximum Gasteiger partial charge on any atom is 0.253 e. The summed E-state index contributed by atoms with van der Waals surface area (Å²) in [6.07, 6.45) is 3.24. The van der Waals surface area contributed by atoms with Gasteiger partial charge in [-0.25, -0.2) is 8.42 Å². The average molecular weight is 364 g/mol. The van der Waals surface area contributed by atoms with Gasteiger partial charge in [-0.15, -0.1) is 0 Å². The molecule has 1 fully saturated rings. The molecule has 1 aliphatic carbocycles. The molecule has 1 aliphatic rings. The van der Waals surface area contributed by atoms with Crippen molar-refractivity contribution in [2.24, 2.45) is 5.92 Å². The average Bonchev–Trinajstić information content (AvgIpc) is 3.37. The van der Waals surface area contributed by atoms with Gasteiger partial charge in [0.15, 0.2) is 9.84 Å². The molecule has 24 heavy (non-hydrogen) atoms. The molecule has 0 radical (unpaired) electrons. The van der Waals surface area contributed by atoms with Gasteiger partial charge < -0.3 is 5.32 Å². The number of hydrogen-bond donors (Lipinski definition) is 1. The molecular weight excluding hydrogens is 346 g/mol. The first-order chi connectivity index (χ1) is 11.4. The highest BCUT2D eigenvalue weighted by Crippen LogP contribution is 2.41. The number of carbonyl (C=O) groups excluding carboxylic acids is 1. The van der Waals surface area contributed by atoms with Crippen LogP contribution < -0.4 is 5.32 Å². The summed E-state index contributed by atoms with van der Waals surface area (Å²) in [6.45, 7) is 0. The highest BCUT2D eigenvalue weighted by molar-refractivity contribution is 7.90. The maximum absolute atomic E-state index is 12.7. The summed E-state index contributed by atoms with van der Waals surface area (Å²) in [4.78, 5) is 12.8. The minimum absolute atomic E-state index is 0.0831. The van der Waals surface area contributed by atoms with Gasteiger partial charge in [0.05, 0.1) is 21.5 Å². The van der Waals surface area contributed by atoms with Crippen LogP contribution in [0.2, 0.25) is 5.02 Å². The van der Waals surface area contributed by atoms with E-state index in [0.717, 1.165) is 24.7 Å². The highest BCUT2D eigenvalue weighted by Gasteiger charge is 2.33. The molecule has 0 saturated heterocycles. The largest absolute Gasteiger partial charge is 0.345 e. The molecule has 3 rings (SSSR count). The van der Waals surface area contributed by atoms with Crippen LogP contribution in [0.4, 0.5) is 0 Å². The zero-order valence-electron chi connectivity index (χ0n) is 13.2. The van der Waals surface area contributed by atoms with Gasteiger partial charge in [-0.3, -0.25) is 4.79 Å². The molecule has 1 atom stereocenters. The number of rotatable bonds is 5. The van der Waals surface area contributed by atoms with E-state index in [1.807, 2.05) is 30.3 Å². The van der Waals surface area contributed by atoms with Crippen LogP contribution in [0.5, 0.6) is 0 Å². The first-order valence-corrected chi connectivity index (χ1v) is 9.98. The SMILES string of the molecule is CS(=O)(=O)c1ccc(Cl)c(C(=O)N[C@@H](c2ccccc2)C2CC2)c1. The number of amides is 1. The van der Waals surface area contributed by atoms with Gasteiger partial charge >= 0.3 is 0 Å². The second-order valence-electron chi connectivity index (χ2n) is 6.11. The number of carbonyl (C=O) groups is 1. The predicted octanol–water partition coefficient (Wildman–Crippen LogP) is 3.62. The normalized spacial score (nSPS) is 15.8. The third kappa shape index (κ3) is 3.79. The molecule has 0 aromatic heterocycles. The minimum Gasteiger partial charge on any atom is -0.345 e. The van der Waals surface area contributed by atoms with Crippen LogP contribution in [-0.4, -0.2) is 20.6 Å². The van der Waals surface area contributed by atoms with Crippen LogP contribution in [0, 0.1) is 5.92 Å². The number of benzene rings is 2. The van der Waals surface area contributed by atoms with Gasteiger partial charge in [-0.1, -0.05) is 41.9 Å². The molecule has 2 aromatic rings. The second kappa shape index (κ2) is 6.57. The number of sulfone groups is 1. The van der Waals surface area contributed by atoms with Crippen molar-refractivity contribution in [3.63, 3.8) is 0 Å². The van der Waals surface area contributed by atoms with E-state index in [-0.39, 0.29) is 27.4 Å². The molecule has 0 unspecified atom stereocenters. The topological polar surface area (TPSA) is 63.2 Å². The monoisotopic (exact) mass is 363 g/mol. The van der Waals surface area contributed by atoms with E-state index in [1.165, 1.54) is 18.2 Å². The maximum atomic E-state index is 12.7. The van der Waals surface area contributed by atoms with Gasteiger partial charge in [0.1, 0.15) is 0 Å². The van der Waals surface area contributed by atoms with Crippen molar-refractivity contribution in [2.75, 3.05) is 6.26 Å². The van der Waals surface area contributed by atoms with Gasteiger partial charge in [0.2, 0.25) is 0 Å². The molecule has 0 heterocycles. The summed E-state index contributed by atoms with van der Waals surface area (Å²) in [7, 11) is -3.40. The summed E-state index contributed by atoms with van der Waals surface area (Å²) >= 11 is 6.11. The molecule has 1 N–H and O–H groups in total. The first-order valence-electron chi connectivity index (χ1n) is 7.71. The molecule has 0 bridgehead atoms. The Morgan fingerprint density at radius 3 is 2.42 bits per heavy atom. The van der Waals surface area contributed by atoms with Crippen molar-refractivity contribution < 1.29 is 13.2 Å². The van der Waals surface area contributed by atoms with E-state index in [9.17, 15) is 13.2 Å². The van der Waals surface area contributed by atoms with E-state index in [1.54, 1.807) is 0 Å². The molecule has 1 saturated carbocycles. The minimum atomic E-state index is -3.40. The third-order valence-corrected chi connectivity index (χ3v) is 5.59. The second-order valence-corrected chi connectivity index (χ2v) is 8.54. The smallest absolute Gasteiger partial charge is 0.253 e. The standard InChI is InChI=1S/C18H18ClNO3S/c1-24(22,23)14-9-10-16(19)15(11-14)18(21)20-17(13-7-8-13)12-5-3-2-4-6-12/h2-6,9-11,13,17H,7-8H2,1H3,(H,20,21)/t17-/m0/s1. The Bertz CT molecular complexity index is 861. The summed E-state index contributed by atoms with van der Waals surface area (Å²) in [5.41, 5.74) is 1.23. The fraction of sp³-hybridized carbons (Fsp3) is 0.278. The summed E-state index contributed by atoms with van der Waals surface area (Å²) < 4.78 is 23.4. The Labute approximate surface area is 146 Å². The van der Waals surface area contributed by atoms with Gasteiger partial charge in [-0.2, -0.15) is 0 Å². The van der Waals surface area contributed by atoms with Gasteiger partial charge in [0.25, 0.3) is 5.91 Å². The van der Waals surface area contributed by atoms with Crippen LogP contribution in [0.3, 0.4) is 0 Å². The van der Waals surface area contributed by atoms with E-state index < -0.39 is 9.84 Å². The lowest BCUT2D eigenvalue weighted by Gasteiger charge is -2.19. The molecule has 0 aliphatic heterocycles.